The zero-order valence-electron chi connectivity index (χ0n) is 14.5. The Hall–Kier alpha value is -2.03. The largest absolute Gasteiger partial charge is 0.496 e. The highest BCUT2D eigenvalue weighted by Gasteiger charge is 2.22. The van der Waals surface area contributed by atoms with E-state index >= 15 is 0 Å². The van der Waals surface area contributed by atoms with Crippen LogP contribution in [0.2, 0.25) is 0 Å². The average Bonchev–Trinajstić information content (AvgIpc) is 2.75. The Balaban J connectivity index is 1.83. The molecule has 138 valence electrons. The Morgan fingerprint density at radius 2 is 2.04 bits per heavy atom. The lowest BCUT2D eigenvalue weighted by atomic mass is 10.2. The Kier molecular flexibility index (Phi) is 5.55. The number of thioether (sulfide) groups is 1. The van der Waals surface area contributed by atoms with E-state index in [1.54, 1.807) is 43.1 Å². The number of carbonyl (C=O) groups is 1. The number of ether oxygens (including phenoxy) is 1. The van der Waals surface area contributed by atoms with Crippen molar-refractivity contribution in [1.29, 1.82) is 0 Å². The highest BCUT2D eigenvalue weighted by atomic mass is 32.2. The summed E-state index contributed by atoms with van der Waals surface area (Å²) in [7, 11) is -2.18. The number of methoxy groups -OCH3 is 1. The summed E-state index contributed by atoms with van der Waals surface area (Å²) in [6.45, 7) is 2.08. The Bertz CT molecular complexity index is 929. The first-order valence-corrected chi connectivity index (χ1v) is 10.5. The Morgan fingerprint density at radius 1 is 1.27 bits per heavy atom. The van der Waals surface area contributed by atoms with Crippen LogP contribution in [0, 0.1) is 0 Å². The molecule has 0 fully saturated rings. The van der Waals surface area contributed by atoms with Crippen LogP contribution < -0.4 is 14.8 Å². The van der Waals surface area contributed by atoms with Crippen molar-refractivity contribution in [3.8, 4) is 5.75 Å². The monoisotopic (exact) mass is 392 g/mol. The van der Waals surface area contributed by atoms with Gasteiger partial charge in [0.15, 0.2) is 0 Å². The average molecular weight is 393 g/mol. The van der Waals surface area contributed by atoms with E-state index < -0.39 is 10.0 Å². The molecule has 1 amide bonds. The maximum atomic E-state index is 12.7. The van der Waals surface area contributed by atoms with Crippen molar-refractivity contribution in [2.75, 3.05) is 12.4 Å². The molecule has 0 aromatic heterocycles. The van der Waals surface area contributed by atoms with Gasteiger partial charge in [-0.2, -0.15) is 0 Å². The minimum atomic E-state index is -3.73. The van der Waals surface area contributed by atoms with Gasteiger partial charge in [-0.05, 0) is 24.3 Å². The van der Waals surface area contributed by atoms with E-state index in [-0.39, 0.29) is 22.6 Å². The molecule has 1 aliphatic heterocycles. The fraction of sp³-hybridized carbons (Fsp3) is 0.278. The smallest absolute Gasteiger partial charge is 0.240 e. The third-order valence-electron chi connectivity index (χ3n) is 3.98. The molecule has 1 unspecified atom stereocenters. The summed E-state index contributed by atoms with van der Waals surface area (Å²) in [4.78, 5) is 12.9. The SMILES string of the molecule is COc1ccccc1CNS(=O)(=O)c1ccc2c(c1)NC(=O)CC(C)S2. The van der Waals surface area contributed by atoms with Crippen LogP contribution >= 0.6 is 11.8 Å². The van der Waals surface area contributed by atoms with Crippen LogP contribution in [0.5, 0.6) is 5.75 Å². The van der Waals surface area contributed by atoms with Gasteiger partial charge in [0.05, 0.1) is 17.7 Å². The molecule has 2 aromatic carbocycles. The molecule has 0 aliphatic carbocycles. The molecule has 0 radical (unpaired) electrons. The summed E-state index contributed by atoms with van der Waals surface area (Å²) in [5.41, 5.74) is 1.27. The minimum absolute atomic E-state index is 0.111. The van der Waals surface area contributed by atoms with Crippen LogP contribution in [0.4, 0.5) is 5.69 Å². The number of anilines is 1. The lowest BCUT2D eigenvalue weighted by Crippen LogP contribution is -2.23. The molecule has 8 heteroatoms. The quantitative estimate of drug-likeness (QED) is 0.817. The number of carbonyl (C=O) groups excluding carboxylic acids is 1. The summed E-state index contributed by atoms with van der Waals surface area (Å²) in [6.07, 6.45) is 0.396. The molecule has 2 aromatic rings. The van der Waals surface area contributed by atoms with Crippen LogP contribution in [0.1, 0.15) is 18.9 Å². The summed E-state index contributed by atoms with van der Waals surface area (Å²) in [6, 6.07) is 12.0. The molecule has 1 heterocycles. The maximum absolute atomic E-state index is 12.7. The predicted molar refractivity (Wildman–Crippen MR) is 102 cm³/mol. The van der Waals surface area contributed by atoms with Crippen LogP contribution in [-0.4, -0.2) is 26.7 Å². The molecule has 1 atom stereocenters. The molecule has 0 spiro atoms. The first-order valence-electron chi connectivity index (χ1n) is 8.11. The number of hydrogen-bond donors (Lipinski definition) is 2. The number of benzene rings is 2. The molecule has 3 rings (SSSR count). The van der Waals surface area contributed by atoms with E-state index in [9.17, 15) is 13.2 Å². The van der Waals surface area contributed by atoms with Crippen molar-refractivity contribution in [2.24, 2.45) is 0 Å². The van der Waals surface area contributed by atoms with Crippen molar-refractivity contribution in [1.82, 2.24) is 4.72 Å². The summed E-state index contributed by atoms with van der Waals surface area (Å²) in [5, 5.41) is 2.93. The van der Waals surface area contributed by atoms with Gasteiger partial charge in [0, 0.05) is 28.7 Å². The van der Waals surface area contributed by atoms with Crippen molar-refractivity contribution in [3.05, 3.63) is 48.0 Å². The van der Waals surface area contributed by atoms with Gasteiger partial charge in [0.25, 0.3) is 0 Å². The lowest BCUT2D eigenvalue weighted by molar-refractivity contribution is -0.116. The predicted octanol–water partition coefficient (Wildman–Crippen LogP) is 3.00. The molecule has 6 nitrogen and oxygen atoms in total. The summed E-state index contributed by atoms with van der Waals surface area (Å²) >= 11 is 1.56. The van der Waals surface area contributed by atoms with Gasteiger partial charge >= 0.3 is 0 Å². The van der Waals surface area contributed by atoms with E-state index in [0.29, 0.717) is 17.9 Å². The van der Waals surface area contributed by atoms with Gasteiger partial charge in [-0.15, -0.1) is 11.8 Å². The summed E-state index contributed by atoms with van der Waals surface area (Å²) < 4.78 is 33.1. The number of hydrogen-bond acceptors (Lipinski definition) is 5. The first kappa shape index (κ1) is 18.8. The molecular weight excluding hydrogens is 372 g/mol. The van der Waals surface area contributed by atoms with E-state index in [2.05, 4.69) is 10.0 Å². The molecular formula is C18H20N2O4S2. The zero-order chi connectivity index (χ0) is 18.7. The number of amides is 1. The number of nitrogens with one attached hydrogen (secondary N) is 2. The van der Waals surface area contributed by atoms with Gasteiger partial charge in [-0.25, -0.2) is 13.1 Å². The highest BCUT2D eigenvalue weighted by Crippen LogP contribution is 2.36. The Morgan fingerprint density at radius 3 is 2.81 bits per heavy atom. The second kappa shape index (κ2) is 7.69. The van der Waals surface area contributed by atoms with Crippen molar-refractivity contribution >= 4 is 33.4 Å². The normalized spacial score (nSPS) is 17.2. The van der Waals surface area contributed by atoms with Crippen molar-refractivity contribution in [3.63, 3.8) is 0 Å². The van der Waals surface area contributed by atoms with E-state index in [1.165, 1.54) is 6.07 Å². The van der Waals surface area contributed by atoms with Crippen molar-refractivity contribution in [2.45, 2.75) is 34.9 Å². The topological polar surface area (TPSA) is 84.5 Å². The van der Waals surface area contributed by atoms with Crippen LogP contribution in [0.25, 0.3) is 0 Å². The molecule has 0 bridgehead atoms. The minimum Gasteiger partial charge on any atom is -0.496 e. The number of rotatable bonds is 5. The fourth-order valence-electron chi connectivity index (χ4n) is 2.70. The lowest BCUT2D eigenvalue weighted by Gasteiger charge is -2.12. The third kappa shape index (κ3) is 4.20. The van der Waals surface area contributed by atoms with E-state index in [4.69, 9.17) is 4.74 Å². The van der Waals surface area contributed by atoms with Crippen LogP contribution in [0.15, 0.2) is 52.3 Å². The fourth-order valence-corrected chi connectivity index (χ4v) is 4.79. The van der Waals surface area contributed by atoms with Gasteiger partial charge in [-0.1, -0.05) is 25.1 Å². The molecule has 1 aliphatic rings. The third-order valence-corrected chi connectivity index (χ3v) is 6.56. The summed E-state index contributed by atoms with van der Waals surface area (Å²) in [5.74, 6) is 0.509. The first-order chi connectivity index (χ1) is 12.4. The second-order valence-corrected chi connectivity index (χ2v) is 9.22. The number of fused-ring (bicyclic) bond motifs is 1. The molecule has 0 saturated heterocycles. The molecule has 2 N–H and O–H groups in total. The van der Waals surface area contributed by atoms with Gasteiger partial charge in [0.2, 0.25) is 15.9 Å². The Labute approximate surface area is 157 Å². The number of sulfonamides is 1. The molecule has 0 saturated carbocycles. The van der Waals surface area contributed by atoms with E-state index in [0.717, 1.165) is 10.5 Å². The van der Waals surface area contributed by atoms with Crippen LogP contribution in [0.3, 0.4) is 0 Å². The van der Waals surface area contributed by atoms with Gasteiger partial charge < -0.3 is 10.1 Å². The van der Waals surface area contributed by atoms with Crippen molar-refractivity contribution < 1.29 is 17.9 Å². The van der Waals surface area contributed by atoms with E-state index in [1.807, 2.05) is 19.1 Å². The molecule has 26 heavy (non-hydrogen) atoms. The maximum Gasteiger partial charge on any atom is 0.240 e. The highest BCUT2D eigenvalue weighted by molar-refractivity contribution is 8.00. The second-order valence-electron chi connectivity index (χ2n) is 5.98. The standard InChI is InChI=1S/C18H20N2O4S2/c1-12-9-18(21)20-15-10-14(7-8-17(15)25-12)26(22,23)19-11-13-5-3-4-6-16(13)24-2/h3-8,10,12,19H,9,11H2,1-2H3,(H,20,21). The van der Waals surface area contributed by atoms with Gasteiger partial charge in [0.1, 0.15) is 5.75 Å². The van der Waals surface area contributed by atoms with Gasteiger partial charge in [-0.3, -0.25) is 4.79 Å². The van der Waals surface area contributed by atoms with Crippen LogP contribution in [-0.2, 0) is 21.4 Å². The zero-order valence-corrected chi connectivity index (χ0v) is 16.1. The number of para-hydroxylation sites is 1.